The van der Waals surface area contributed by atoms with Crippen LogP contribution in [0, 0.1) is 0 Å². The fourth-order valence-corrected chi connectivity index (χ4v) is 3.43. The summed E-state index contributed by atoms with van der Waals surface area (Å²) in [5.74, 6) is 0.775. The standard InChI is InChI=1S/C19H24N2O2/c1-3-8-16-13-17(20-23-16)18(22)21-12-7-11-19(2,14-21)15-9-5-4-6-10-15/h4-6,9-10,13H,3,7-8,11-12,14H2,1-2H3. The quantitative estimate of drug-likeness (QED) is 0.862. The fraction of sp³-hybridized carbons (Fsp3) is 0.474. The molecule has 1 aliphatic heterocycles. The molecule has 0 N–H and O–H groups in total. The van der Waals surface area contributed by atoms with Crippen LogP contribution in [0.25, 0.3) is 0 Å². The van der Waals surface area contributed by atoms with Gasteiger partial charge in [0.25, 0.3) is 5.91 Å². The minimum Gasteiger partial charge on any atom is -0.361 e. The molecular formula is C19H24N2O2. The largest absolute Gasteiger partial charge is 0.361 e. The van der Waals surface area contributed by atoms with Crippen molar-refractivity contribution in [2.75, 3.05) is 13.1 Å². The number of amides is 1. The molecule has 0 bridgehead atoms. The van der Waals surface area contributed by atoms with E-state index in [1.165, 1.54) is 5.56 Å². The van der Waals surface area contributed by atoms with Crippen LogP contribution in [0.3, 0.4) is 0 Å². The lowest BCUT2D eigenvalue weighted by Crippen LogP contribution is -2.47. The SMILES string of the molecule is CCCc1cc(C(=O)N2CCCC(C)(c3ccccc3)C2)no1. The zero-order chi connectivity index (χ0) is 16.3. The lowest BCUT2D eigenvalue weighted by Gasteiger charge is -2.40. The molecule has 1 fully saturated rings. The highest BCUT2D eigenvalue weighted by Gasteiger charge is 2.35. The molecule has 0 aliphatic carbocycles. The van der Waals surface area contributed by atoms with E-state index < -0.39 is 0 Å². The second-order valence-corrected chi connectivity index (χ2v) is 6.69. The molecule has 1 aliphatic rings. The third-order valence-corrected chi connectivity index (χ3v) is 4.73. The molecule has 1 aromatic carbocycles. The van der Waals surface area contributed by atoms with Crippen molar-refractivity contribution < 1.29 is 9.32 Å². The van der Waals surface area contributed by atoms with Crippen molar-refractivity contribution in [3.05, 3.63) is 53.4 Å². The monoisotopic (exact) mass is 312 g/mol. The molecule has 23 heavy (non-hydrogen) atoms. The van der Waals surface area contributed by atoms with Crippen LogP contribution < -0.4 is 0 Å². The maximum Gasteiger partial charge on any atom is 0.276 e. The first-order valence-corrected chi connectivity index (χ1v) is 8.43. The Labute approximate surface area is 137 Å². The first-order valence-electron chi connectivity index (χ1n) is 8.43. The zero-order valence-corrected chi connectivity index (χ0v) is 13.9. The van der Waals surface area contributed by atoms with Crippen molar-refractivity contribution in [1.29, 1.82) is 0 Å². The lowest BCUT2D eigenvalue weighted by atomic mass is 9.76. The molecule has 3 rings (SSSR count). The highest BCUT2D eigenvalue weighted by molar-refractivity contribution is 5.92. The Morgan fingerprint density at radius 3 is 2.87 bits per heavy atom. The van der Waals surface area contributed by atoms with Crippen LogP contribution in [-0.4, -0.2) is 29.1 Å². The number of aromatic nitrogens is 1. The molecule has 2 heterocycles. The van der Waals surface area contributed by atoms with E-state index in [9.17, 15) is 4.79 Å². The predicted octanol–water partition coefficient (Wildman–Crippen LogP) is 3.82. The van der Waals surface area contributed by atoms with Crippen LogP contribution in [-0.2, 0) is 11.8 Å². The number of hydrogen-bond donors (Lipinski definition) is 0. The Bertz CT molecular complexity index is 665. The van der Waals surface area contributed by atoms with Gasteiger partial charge in [-0.2, -0.15) is 0 Å². The van der Waals surface area contributed by atoms with Gasteiger partial charge >= 0.3 is 0 Å². The average Bonchev–Trinajstić information content (AvgIpc) is 3.04. The van der Waals surface area contributed by atoms with Crippen molar-refractivity contribution in [2.45, 2.75) is 44.9 Å². The van der Waals surface area contributed by atoms with E-state index in [2.05, 4.69) is 43.3 Å². The summed E-state index contributed by atoms with van der Waals surface area (Å²) in [5.41, 5.74) is 1.74. The summed E-state index contributed by atoms with van der Waals surface area (Å²) in [6.45, 7) is 5.84. The van der Waals surface area contributed by atoms with Gasteiger partial charge in [-0.25, -0.2) is 0 Å². The van der Waals surface area contributed by atoms with E-state index >= 15 is 0 Å². The molecule has 1 atom stereocenters. The Kier molecular flexibility index (Phi) is 4.51. The molecule has 1 amide bonds. The Hall–Kier alpha value is -2.10. The van der Waals surface area contributed by atoms with Crippen LogP contribution >= 0.6 is 0 Å². The average molecular weight is 312 g/mol. The molecule has 4 heteroatoms. The molecule has 122 valence electrons. The van der Waals surface area contributed by atoms with Crippen LogP contribution in [0.5, 0.6) is 0 Å². The zero-order valence-electron chi connectivity index (χ0n) is 13.9. The topological polar surface area (TPSA) is 46.3 Å². The van der Waals surface area contributed by atoms with Crippen molar-refractivity contribution in [1.82, 2.24) is 10.1 Å². The second kappa shape index (κ2) is 6.57. The molecule has 0 spiro atoms. The number of likely N-dealkylation sites (tertiary alicyclic amines) is 1. The Morgan fingerprint density at radius 1 is 1.35 bits per heavy atom. The third-order valence-electron chi connectivity index (χ3n) is 4.73. The van der Waals surface area contributed by atoms with Gasteiger partial charge in [0.2, 0.25) is 0 Å². The van der Waals surface area contributed by atoms with Gasteiger partial charge in [-0.1, -0.05) is 49.3 Å². The number of hydrogen-bond acceptors (Lipinski definition) is 3. The van der Waals surface area contributed by atoms with E-state index in [-0.39, 0.29) is 11.3 Å². The van der Waals surface area contributed by atoms with Crippen molar-refractivity contribution in [3.63, 3.8) is 0 Å². The number of carbonyl (C=O) groups is 1. The first kappa shape index (κ1) is 15.8. The number of benzene rings is 1. The molecular weight excluding hydrogens is 288 g/mol. The summed E-state index contributed by atoms with van der Waals surface area (Å²) in [6, 6.07) is 12.3. The van der Waals surface area contributed by atoms with Gasteiger partial charge < -0.3 is 9.42 Å². The molecule has 1 saturated heterocycles. The minimum atomic E-state index is -0.0158. The Morgan fingerprint density at radius 2 is 2.13 bits per heavy atom. The lowest BCUT2D eigenvalue weighted by molar-refractivity contribution is 0.0640. The van der Waals surface area contributed by atoms with Gasteiger partial charge in [-0.3, -0.25) is 4.79 Å². The third kappa shape index (κ3) is 3.31. The molecule has 1 aromatic heterocycles. The van der Waals surface area contributed by atoms with Gasteiger partial charge in [0, 0.05) is 31.0 Å². The normalized spacial score (nSPS) is 21.4. The van der Waals surface area contributed by atoms with Crippen molar-refractivity contribution >= 4 is 5.91 Å². The Balaban J connectivity index is 1.76. The summed E-state index contributed by atoms with van der Waals surface area (Å²) in [6.07, 6.45) is 3.91. The molecule has 0 saturated carbocycles. The molecule has 4 nitrogen and oxygen atoms in total. The van der Waals surface area contributed by atoms with Gasteiger partial charge in [0.1, 0.15) is 5.76 Å². The summed E-state index contributed by atoms with van der Waals surface area (Å²) >= 11 is 0. The molecule has 1 unspecified atom stereocenters. The van der Waals surface area contributed by atoms with Crippen LogP contribution in [0.4, 0.5) is 0 Å². The van der Waals surface area contributed by atoms with E-state index in [0.717, 1.165) is 44.5 Å². The maximum absolute atomic E-state index is 12.7. The van der Waals surface area contributed by atoms with Gasteiger partial charge in [0.15, 0.2) is 5.69 Å². The fourth-order valence-electron chi connectivity index (χ4n) is 3.43. The van der Waals surface area contributed by atoms with Gasteiger partial charge in [0.05, 0.1) is 0 Å². The summed E-state index contributed by atoms with van der Waals surface area (Å²) < 4.78 is 5.26. The summed E-state index contributed by atoms with van der Waals surface area (Å²) in [5, 5.41) is 3.96. The number of rotatable bonds is 4. The maximum atomic E-state index is 12.7. The van der Waals surface area contributed by atoms with E-state index in [1.807, 2.05) is 11.0 Å². The number of aryl methyl sites for hydroxylation is 1. The molecule has 0 radical (unpaired) electrons. The van der Waals surface area contributed by atoms with E-state index in [1.54, 1.807) is 6.07 Å². The van der Waals surface area contributed by atoms with Crippen LogP contribution in [0.2, 0.25) is 0 Å². The number of carbonyl (C=O) groups excluding carboxylic acids is 1. The van der Waals surface area contributed by atoms with Crippen molar-refractivity contribution in [3.8, 4) is 0 Å². The number of nitrogens with zero attached hydrogens (tertiary/aromatic N) is 2. The van der Waals surface area contributed by atoms with E-state index in [0.29, 0.717) is 5.69 Å². The highest BCUT2D eigenvalue weighted by atomic mass is 16.5. The van der Waals surface area contributed by atoms with Gasteiger partial charge in [-0.05, 0) is 24.8 Å². The van der Waals surface area contributed by atoms with Gasteiger partial charge in [-0.15, -0.1) is 0 Å². The van der Waals surface area contributed by atoms with E-state index in [4.69, 9.17) is 4.52 Å². The second-order valence-electron chi connectivity index (χ2n) is 6.69. The predicted molar refractivity (Wildman–Crippen MR) is 89.4 cm³/mol. The van der Waals surface area contributed by atoms with Crippen molar-refractivity contribution in [2.24, 2.45) is 0 Å². The smallest absolute Gasteiger partial charge is 0.276 e. The minimum absolute atomic E-state index is 0.00511. The van der Waals surface area contributed by atoms with Crippen LogP contribution in [0.15, 0.2) is 40.9 Å². The first-order chi connectivity index (χ1) is 11.1. The van der Waals surface area contributed by atoms with Crippen LogP contribution in [0.1, 0.15) is 54.9 Å². The highest BCUT2D eigenvalue weighted by Crippen LogP contribution is 2.34. The summed E-state index contributed by atoms with van der Waals surface area (Å²) in [4.78, 5) is 14.7. The molecule has 2 aromatic rings. The number of piperidine rings is 1. The summed E-state index contributed by atoms with van der Waals surface area (Å²) in [7, 11) is 0.